The zero-order valence-electron chi connectivity index (χ0n) is 16.9. The Bertz CT molecular complexity index is 478. The van der Waals surface area contributed by atoms with Crippen molar-refractivity contribution in [1.29, 1.82) is 0 Å². The van der Waals surface area contributed by atoms with Gasteiger partial charge in [0.1, 0.15) is 0 Å². The van der Waals surface area contributed by atoms with E-state index in [1.165, 1.54) is 19.3 Å². The van der Waals surface area contributed by atoms with Crippen molar-refractivity contribution < 1.29 is 15.0 Å². The van der Waals surface area contributed by atoms with Crippen LogP contribution in [0.25, 0.3) is 0 Å². The molecule has 3 atom stereocenters. The zero-order valence-corrected chi connectivity index (χ0v) is 17.7. The minimum absolute atomic E-state index is 0.145. The molecule has 1 saturated carbocycles. The van der Waals surface area contributed by atoms with E-state index in [9.17, 15) is 9.90 Å². The Labute approximate surface area is 170 Å². The van der Waals surface area contributed by atoms with Crippen LogP contribution in [0.3, 0.4) is 0 Å². The Morgan fingerprint density at radius 3 is 2.74 bits per heavy atom. The van der Waals surface area contributed by atoms with Crippen molar-refractivity contribution >= 4 is 17.6 Å². The number of hydrogen-bond acceptors (Lipinski definition) is 3. The summed E-state index contributed by atoms with van der Waals surface area (Å²) < 4.78 is 0. The van der Waals surface area contributed by atoms with Gasteiger partial charge in [-0.1, -0.05) is 31.9 Å². The molecule has 0 amide bonds. The second kappa shape index (κ2) is 11.4. The van der Waals surface area contributed by atoms with Gasteiger partial charge in [-0.05, 0) is 76.3 Å². The molecule has 0 spiro atoms. The lowest BCUT2D eigenvalue weighted by molar-refractivity contribution is -0.137. The SMILES string of the molecule is CCCC1([C@@H](O)CCCN2CC[C@@H](Cl)[C@@H]2C/C=C\CCCC(=O)O)CCC1. The third-order valence-corrected chi connectivity index (χ3v) is 7.12. The number of carbonyl (C=O) groups is 1. The summed E-state index contributed by atoms with van der Waals surface area (Å²) in [6.45, 7) is 4.28. The number of rotatable bonds is 13. The predicted octanol–water partition coefficient (Wildman–Crippen LogP) is 4.98. The number of carboxylic acids is 1. The molecule has 0 bridgehead atoms. The van der Waals surface area contributed by atoms with E-state index < -0.39 is 5.97 Å². The molecule has 1 heterocycles. The number of hydrogen-bond donors (Lipinski definition) is 2. The number of likely N-dealkylation sites (tertiary alicyclic amines) is 1. The highest BCUT2D eigenvalue weighted by atomic mass is 35.5. The van der Waals surface area contributed by atoms with Crippen LogP contribution in [0.1, 0.15) is 84.0 Å². The first kappa shape index (κ1) is 22.7. The van der Waals surface area contributed by atoms with Crippen LogP contribution >= 0.6 is 11.6 Å². The van der Waals surface area contributed by atoms with Gasteiger partial charge in [-0.25, -0.2) is 0 Å². The number of halogens is 1. The lowest BCUT2D eigenvalue weighted by Gasteiger charge is -2.46. The molecule has 0 radical (unpaired) electrons. The van der Waals surface area contributed by atoms with Gasteiger partial charge in [-0.2, -0.15) is 0 Å². The summed E-state index contributed by atoms with van der Waals surface area (Å²) in [6.07, 6.45) is 15.8. The van der Waals surface area contributed by atoms with Crippen LogP contribution in [0.2, 0.25) is 0 Å². The molecule has 0 unspecified atom stereocenters. The highest BCUT2D eigenvalue weighted by Gasteiger charge is 2.42. The van der Waals surface area contributed by atoms with E-state index in [-0.39, 0.29) is 23.3 Å². The lowest BCUT2D eigenvalue weighted by Crippen LogP contribution is -2.42. The van der Waals surface area contributed by atoms with E-state index in [2.05, 4.69) is 24.0 Å². The number of aliphatic carboxylic acids is 1. The molecule has 0 aromatic rings. The Balaban J connectivity index is 1.69. The summed E-state index contributed by atoms with van der Waals surface area (Å²) in [6, 6.07) is 0.368. The Morgan fingerprint density at radius 2 is 2.11 bits per heavy atom. The van der Waals surface area contributed by atoms with Gasteiger partial charge in [0, 0.05) is 12.5 Å². The molecule has 156 valence electrons. The smallest absolute Gasteiger partial charge is 0.303 e. The summed E-state index contributed by atoms with van der Waals surface area (Å²) in [5.41, 5.74) is 0.215. The number of aliphatic hydroxyl groups is 1. The van der Waals surface area contributed by atoms with Crippen molar-refractivity contribution in [3.63, 3.8) is 0 Å². The minimum Gasteiger partial charge on any atom is -0.481 e. The van der Waals surface area contributed by atoms with Crippen molar-refractivity contribution in [3.05, 3.63) is 12.2 Å². The van der Waals surface area contributed by atoms with Gasteiger partial charge in [0.05, 0.1) is 11.5 Å². The molecular weight excluding hydrogens is 362 g/mol. The van der Waals surface area contributed by atoms with Crippen LogP contribution in [0, 0.1) is 5.41 Å². The fourth-order valence-electron chi connectivity index (χ4n) is 4.85. The Kier molecular flexibility index (Phi) is 9.61. The first-order chi connectivity index (χ1) is 13.0. The fourth-order valence-corrected chi connectivity index (χ4v) is 5.21. The number of unbranched alkanes of at least 4 members (excludes halogenated alkanes) is 1. The van der Waals surface area contributed by atoms with Crippen molar-refractivity contribution in [1.82, 2.24) is 4.90 Å². The van der Waals surface area contributed by atoms with Crippen molar-refractivity contribution in [2.24, 2.45) is 5.41 Å². The van der Waals surface area contributed by atoms with Gasteiger partial charge in [0.2, 0.25) is 0 Å². The van der Waals surface area contributed by atoms with Gasteiger partial charge in [0.25, 0.3) is 0 Å². The Morgan fingerprint density at radius 1 is 1.33 bits per heavy atom. The maximum Gasteiger partial charge on any atom is 0.303 e. The maximum atomic E-state index is 10.7. The van der Waals surface area contributed by atoms with Crippen molar-refractivity contribution in [2.75, 3.05) is 13.1 Å². The first-order valence-electron chi connectivity index (χ1n) is 10.9. The average molecular weight is 400 g/mol. The molecule has 0 aromatic heterocycles. The van der Waals surface area contributed by atoms with Crippen molar-refractivity contribution in [2.45, 2.75) is 101 Å². The molecule has 0 aromatic carbocycles. The number of carboxylic acid groups (broad SMARTS) is 1. The van der Waals surface area contributed by atoms with E-state index in [1.54, 1.807) is 0 Å². The summed E-state index contributed by atoms with van der Waals surface area (Å²) in [7, 11) is 0. The number of aliphatic hydroxyl groups excluding tert-OH is 1. The molecule has 27 heavy (non-hydrogen) atoms. The average Bonchev–Trinajstić information content (AvgIpc) is 2.94. The fraction of sp³-hybridized carbons (Fsp3) is 0.864. The number of allylic oxidation sites excluding steroid dienone is 1. The van der Waals surface area contributed by atoms with Gasteiger partial charge in [-0.15, -0.1) is 11.6 Å². The third kappa shape index (κ3) is 6.76. The number of alkyl halides is 1. The molecule has 2 N–H and O–H groups in total. The van der Waals surface area contributed by atoms with E-state index in [4.69, 9.17) is 16.7 Å². The second-order valence-corrected chi connectivity index (χ2v) is 9.09. The van der Waals surface area contributed by atoms with Crippen LogP contribution in [0.4, 0.5) is 0 Å². The standard InChI is InChI=1S/C22H38ClNO3/c1-2-13-22(14-8-15-22)20(25)10-7-16-24-17-12-18(23)19(24)9-5-3-4-6-11-21(26)27/h3,5,18-20,25H,2,4,6-17H2,1H3,(H,26,27)/b5-3-/t18-,19+,20+/m1/s1. The van der Waals surface area contributed by atoms with Gasteiger partial charge in [0.15, 0.2) is 0 Å². The summed E-state index contributed by atoms with van der Waals surface area (Å²) >= 11 is 6.54. The van der Waals surface area contributed by atoms with E-state index >= 15 is 0 Å². The van der Waals surface area contributed by atoms with E-state index in [0.717, 1.165) is 58.0 Å². The molecule has 1 saturated heterocycles. The zero-order chi connectivity index (χ0) is 19.7. The summed E-state index contributed by atoms with van der Waals surface area (Å²) in [4.78, 5) is 13.0. The Hall–Kier alpha value is -0.580. The molecule has 1 aliphatic heterocycles. The van der Waals surface area contributed by atoms with Gasteiger partial charge >= 0.3 is 5.97 Å². The van der Waals surface area contributed by atoms with Crippen molar-refractivity contribution in [3.8, 4) is 0 Å². The van der Waals surface area contributed by atoms with Gasteiger partial charge in [-0.3, -0.25) is 9.69 Å². The van der Waals surface area contributed by atoms with Crippen LogP contribution < -0.4 is 0 Å². The first-order valence-corrected chi connectivity index (χ1v) is 11.3. The highest BCUT2D eigenvalue weighted by Crippen LogP contribution is 2.48. The normalized spacial score (nSPS) is 26.3. The molecule has 4 nitrogen and oxygen atoms in total. The van der Waals surface area contributed by atoms with E-state index in [0.29, 0.717) is 12.5 Å². The largest absolute Gasteiger partial charge is 0.481 e. The predicted molar refractivity (Wildman–Crippen MR) is 111 cm³/mol. The topological polar surface area (TPSA) is 60.8 Å². The molecular formula is C22H38ClNO3. The molecule has 5 heteroatoms. The second-order valence-electron chi connectivity index (χ2n) is 8.53. The monoisotopic (exact) mass is 399 g/mol. The molecule has 2 aliphatic rings. The molecule has 2 rings (SSSR count). The minimum atomic E-state index is -0.726. The highest BCUT2D eigenvalue weighted by molar-refractivity contribution is 6.21. The van der Waals surface area contributed by atoms with Gasteiger partial charge < -0.3 is 10.2 Å². The lowest BCUT2D eigenvalue weighted by atomic mass is 9.62. The molecule has 1 aliphatic carbocycles. The maximum absolute atomic E-state index is 10.7. The molecule has 2 fully saturated rings. The number of nitrogens with zero attached hydrogens (tertiary/aromatic N) is 1. The summed E-state index contributed by atoms with van der Waals surface area (Å²) in [5.74, 6) is -0.726. The third-order valence-electron chi connectivity index (χ3n) is 6.61. The van der Waals surface area contributed by atoms with Crippen LogP contribution in [0.5, 0.6) is 0 Å². The van der Waals surface area contributed by atoms with Crippen LogP contribution in [-0.2, 0) is 4.79 Å². The van der Waals surface area contributed by atoms with Crippen LogP contribution in [0.15, 0.2) is 12.2 Å². The van der Waals surface area contributed by atoms with E-state index in [1.807, 2.05) is 0 Å². The van der Waals surface area contributed by atoms with Crippen LogP contribution in [-0.4, -0.2) is 51.7 Å². The quantitative estimate of drug-likeness (QED) is 0.260. The summed E-state index contributed by atoms with van der Waals surface area (Å²) in [5, 5.41) is 19.6.